The normalized spacial score (nSPS) is 12.0. The van der Waals surface area contributed by atoms with Crippen LogP contribution in [0.15, 0.2) is 0 Å². The van der Waals surface area contributed by atoms with Crippen molar-refractivity contribution in [2.45, 2.75) is 32.4 Å². The minimum atomic E-state index is 0.569. The predicted molar refractivity (Wildman–Crippen MR) is 31.3 cm³/mol. The summed E-state index contributed by atoms with van der Waals surface area (Å²) in [5, 5.41) is 0.569. The van der Waals surface area contributed by atoms with Crippen LogP contribution in [0, 0.1) is 0 Å². The Hall–Kier alpha value is 0.217. The summed E-state index contributed by atoms with van der Waals surface area (Å²) in [5.74, 6) is 0. The molecule has 0 fully saturated rings. The lowest BCUT2D eigenvalue weighted by Crippen LogP contribution is -2.01. The van der Waals surface area contributed by atoms with Gasteiger partial charge in [-0.1, -0.05) is 27.3 Å². The van der Waals surface area contributed by atoms with Gasteiger partial charge in [-0.05, 0) is 5.04 Å². The standard InChI is InChI=1S/C5H12Si/c1-5(2,3)6-4/h1-4H3. The van der Waals surface area contributed by atoms with Crippen molar-refractivity contribution in [3.05, 3.63) is 0 Å². The molecule has 2 radical (unpaired) electrons. The molecule has 0 aromatic rings. The Bertz CT molecular complexity index is 33.7. The second kappa shape index (κ2) is 1.78. The van der Waals surface area contributed by atoms with Gasteiger partial charge in [0.05, 0.1) is 0 Å². The van der Waals surface area contributed by atoms with Gasteiger partial charge in [-0.15, -0.1) is 0 Å². The maximum Gasteiger partial charge on any atom is 0.0410 e. The molecular weight excluding hydrogens is 88.1 g/mol. The molecule has 0 N–H and O–H groups in total. The topological polar surface area (TPSA) is 0 Å². The second-order valence-electron chi connectivity index (χ2n) is 2.50. The fraction of sp³-hybridized carbons (Fsp3) is 1.00. The average Bonchev–Trinajstić information content (AvgIpc) is 1.35. The van der Waals surface area contributed by atoms with Gasteiger partial charge in [-0.2, -0.15) is 0 Å². The summed E-state index contributed by atoms with van der Waals surface area (Å²) < 4.78 is 0. The molecule has 36 valence electrons. The Morgan fingerprint density at radius 1 is 1.17 bits per heavy atom. The molecule has 0 saturated carbocycles. The molecule has 0 saturated heterocycles. The second-order valence-corrected chi connectivity index (χ2v) is 4.50. The molecule has 0 amide bonds. The monoisotopic (exact) mass is 100 g/mol. The summed E-state index contributed by atoms with van der Waals surface area (Å²) in [4.78, 5) is 0. The Kier molecular flexibility index (Phi) is 1.85. The van der Waals surface area contributed by atoms with Gasteiger partial charge in [0.2, 0.25) is 0 Å². The van der Waals surface area contributed by atoms with Crippen molar-refractivity contribution in [2.75, 3.05) is 0 Å². The summed E-state index contributed by atoms with van der Waals surface area (Å²) in [7, 11) is 1.07. The zero-order valence-corrected chi connectivity index (χ0v) is 6.00. The van der Waals surface area contributed by atoms with Gasteiger partial charge in [0.15, 0.2) is 0 Å². The quantitative estimate of drug-likeness (QED) is 0.408. The molecule has 0 unspecified atom stereocenters. The molecule has 0 aliphatic carbocycles. The van der Waals surface area contributed by atoms with Crippen LogP contribution in [0.2, 0.25) is 11.6 Å². The summed E-state index contributed by atoms with van der Waals surface area (Å²) in [6, 6.07) is 0. The molecule has 0 aliphatic rings. The highest BCUT2D eigenvalue weighted by molar-refractivity contribution is 6.37. The number of rotatable bonds is 0. The van der Waals surface area contributed by atoms with E-state index in [2.05, 4.69) is 27.3 Å². The Morgan fingerprint density at radius 2 is 1.33 bits per heavy atom. The van der Waals surface area contributed by atoms with Crippen LogP contribution in [0.3, 0.4) is 0 Å². The highest BCUT2D eigenvalue weighted by Gasteiger charge is 2.04. The molecule has 6 heavy (non-hydrogen) atoms. The van der Waals surface area contributed by atoms with E-state index in [1.54, 1.807) is 0 Å². The third-order valence-corrected chi connectivity index (χ3v) is 2.25. The maximum absolute atomic E-state index is 2.26. The zero-order valence-electron chi connectivity index (χ0n) is 5.00. The lowest BCUT2D eigenvalue weighted by molar-refractivity contribution is 0.756. The Morgan fingerprint density at radius 3 is 1.33 bits per heavy atom. The van der Waals surface area contributed by atoms with E-state index in [4.69, 9.17) is 0 Å². The fourth-order valence-corrected chi connectivity index (χ4v) is 0. The van der Waals surface area contributed by atoms with Crippen molar-refractivity contribution in [1.29, 1.82) is 0 Å². The van der Waals surface area contributed by atoms with Gasteiger partial charge >= 0.3 is 0 Å². The van der Waals surface area contributed by atoms with Gasteiger partial charge in [-0.25, -0.2) is 0 Å². The molecule has 0 rings (SSSR count). The van der Waals surface area contributed by atoms with E-state index < -0.39 is 0 Å². The van der Waals surface area contributed by atoms with Crippen LogP contribution in [0.4, 0.5) is 0 Å². The van der Waals surface area contributed by atoms with Crippen molar-refractivity contribution in [3.63, 3.8) is 0 Å². The Balaban J connectivity index is 3.17. The highest BCUT2D eigenvalue weighted by Crippen LogP contribution is 2.18. The minimum Gasteiger partial charge on any atom is -0.0729 e. The van der Waals surface area contributed by atoms with E-state index in [1.165, 1.54) is 0 Å². The molecule has 0 spiro atoms. The van der Waals surface area contributed by atoms with Crippen molar-refractivity contribution < 1.29 is 0 Å². The van der Waals surface area contributed by atoms with Crippen molar-refractivity contribution in [3.8, 4) is 0 Å². The minimum absolute atomic E-state index is 0.569. The summed E-state index contributed by atoms with van der Waals surface area (Å²) >= 11 is 0. The van der Waals surface area contributed by atoms with Gasteiger partial charge < -0.3 is 0 Å². The van der Waals surface area contributed by atoms with Crippen LogP contribution < -0.4 is 0 Å². The van der Waals surface area contributed by atoms with E-state index >= 15 is 0 Å². The third-order valence-electron chi connectivity index (χ3n) is 0.750. The molecular formula is C5H12Si. The average molecular weight is 100 g/mol. The third kappa shape index (κ3) is 4.22. The molecule has 0 aliphatic heterocycles. The van der Waals surface area contributed by atoms with E-state index in [9.17, 15) is 0 Å². The molecule has 0 heterocycles. The summed E-state index contributed by atoms with van der Waals surface area (Å²) in [6.07, 6.45) is 0. The van der Waals surface area contributed by atoms with Crippen molar-refractivity contribution in [1.82, 2.24) is 0 Å². The van der Waals surface area contributed by atoms with Gasteiger partial charge in [0.25, 0.3) is 0 Å². The van der Waals surface area contributed by atoms with Crippen molar-refractivity contribution in [2.24, 2.45) is 0 Å². The lowest BCUT2D eigenvalue weighted by Gasteiger charge is -2.11. The van der Waals surface area contributed by atoms with E-state index in [0.717, 1.165) is 9.52 Å². The molecule has 0 atom stereocenters. The molecule has 0 bridgehead atoms. The predicted octanol–water partition coefficient (Wildman–Crippen LogP) is 1.96. The SMILES string of the molecule is C[Si]C(C)(C)C. The zero-order chi connectivity index (χ0) is 5.21. The van der Waals surface area contributed by atoms with Crippen LogP contribution in [0.25, 0.3) is 0 Å². The number of hydrogen-bond donors (Lipinski definition) is 0. The van der Waals surface area contributed by atoms with Crippen LogP contribution in [-0.4, -0.2) is 9.52 Å². The van der Waals surface area contributed by atoms with E-state index in [1.807, 2.05) is 0 Å². The summed E-state index contributed by atoms with van der Waals surface area (Å²) in [6.45, 7) is 9.00. The first-order valence-electron chi connectivity index (χ1n) is 2.25. The first-order chi connectivity index (χ1) is 2.56. The first-order valence-corrected chi connectivity index (χ1v) is 3.75. The van der Waals surface area contributed by atoms with Gasteiger partial charge in [0.1, 0.15) is 0 Å². The van der Waals surface area contributed by atoms with Gasteiger partial charge in [0, 0.05) is 9.52 Å². The van der Waals surface area contributed by atoms with E-state index in [-0.39, 0.29) is 0 Å². The van der Waals surface area contributed by atoms with Crippen LogP contribution in [-0.2, 0) is 0 Å². The molecule has 0 nitrogen and oxygen atoms in total. The molecule has 0 aromatic heterocycles. The largest absolute Gasteiger partial charge is 0.0729 e. The van der Waals surface area contributed by atoms with Crippen molar-refractivity contribution >= 4 is 9.52 Å². The highest BCUT2D eigenvalue weighted by atomic mass is 28.2. The maximum atomic E-state index is 2.26. The smallest absolute Gasteiger partial charge is 0.0410 e. The Labute approximate surface area is 42.8 Å². The van der Waals surface area contributed by atoms with Crippen LogP contribution >= 0.6 is 0 Å². The van der Waals surface area contributed by atoms with E-state index in [0.29, 0.717) is 5.04 Å². The molecule has 0 aromatic carbocycles. The summed E-state index contributed by atoms with van der Waals surface area (Å²) in [5.41, 5.74) is 0. The van der Waals surface area contributed by atoms with Gasteiger partial charge in [-0.3, -0.25) is 0 Å². The fourth-order valence-electron chi connectivity index (χ4n) is 0. The van der Waals surface area contributed by atoms with Crippen LogP contribution in [0.1, 0.15) is 20.8 Å². The number of hydrogen-bond acceptors (Lipinski definition) is 0. The lowest BCUT2D eigenvalue weighted by atomic mass is 10.3. The van der Waals surface area contributed by atoms with Crippen LogP contribution in [0.5, 0.6) is 0 Å². The first kappa shape index (κ1) is 6.22. The molecule has 1 heteroatoms.